The van der Waals surface area contributed by atoms with Crippen LogP contribution >= 0.6 is 0 Å². The fraction of sp³-hybridized carbons (Fsp3) is 0.909. The zero-order valence-corrected chi connectivity index (χ0v) is 9.58. The average molecular weight is 199 g/mol. The van der Waals surface area contributed by atoms with Gasteiger partial charge >= 0.3 is 5.97 Å². The van der Waals surface area contributed by atoms with Crippen molar-refractivity contribution in [3.05, 3.63) is 0 Å². The van der Waals surface area contributed by atoms with E-state index in [2.05, 4.69) is 13.8 Å². The van der Waals surface area contributed by atoms with E-state index in [-0.39, 0.29) is 0 Å². The van der Waals surface area contributed by atoms with Crippen molar-refractivity contribution in [2.24, 2.45) is 5.92 Å². The lowest BCUT2D eigenvalue weighted by molar-refractivity contribution is -0.152. The number of hydrogen-bond donors (Lipinski definition) is 1. The molecule has 0 bridgehead atoms. The molecule has 0 spiro atoms. The molecule has 1 fully saturated rings. The van der Waals surface area contributed by atoms with Crippen LogP contribution in [0.25, 0.3) is 0 Å². The fourth-order valence-electron chi connectivity index (χ4n) is 1.99. The zero-order chi connectivity index (χ0) is 10.9. The first-order chi connectivity index (χ1) is 6.44. The number of likely N-dealkylation sites (N-methyl/N-ethyl adjacent to an activating group) is 1. The summed E-state index contributed by atoms with van der Waals surface area (Å²) in [6.07, 6.45) is 3.11. The second-order valence-corrected chi connectivity index (χ2v) is 4.60. The van der Waals surface area contributed by atoms with E-state index in [1.807, 2.05) is 18.9 Å². The van der Waals surface area contributed by atoms with Crippen molar-refractivity contribution in [1.29, 1.82) is 0 Å². The molecule has 3 nitrogen and oxygen atoms in total. The van der Waals surface area contributed by atoms with Gasteiger partial charge in [0.25, 0.3) is 0 Å². The number of nitrogens with zero attached hydrogens (tertiary/aromatic N) is 1. The van der Waals surface area contributed by atoms with Gasteiger partial charge in [0.15, 0.2) is 0 Å². The van der Waals surface area contributed by atoms with E-state index in [0.29, 0.717) is 12.0 Å². The summed E-state index contributed by atoms with van der Waals surface area (Å²) in [5, 5.41) is 9.32. The van der Waals surface area contributed by atoms with Crippen LogP contribution in [0.1, 0.15) is 40.0 Å². The van der Waals surface area contributed by atoms with Gasteiger partial charge < -0.3 is 5.11 Å². The first-order valence-electron chi connectivity index (χ1n) is 5.40. The Hall–Kier alpha value is -0.570. The van der Waals surface area contributed by atoms with Crippen molar-refractivity contribution in [2.45, 2.75) is 51.6 Å². The van der Waals surface area contributed by atoms with Gasteiger partial charge in [0, 0.05) is 6.04 Å². The molecule has 1 rings (SSSR count). The van der Waals surface area contributed by atoms with Crippen LogP contribution < -0.4 is 0 Å². The molecule has 0 saturated heterocycles. The van der Waals surface area contributed by atoms with Crippen LogP contribution in [0.4, 0.5) is 0 Å². The molecule has 0 aromatic carbocycles. The predicted octanol–water partition coefficient (Wildman–Crippen LogP) is 1.97. The number of carboxylic acids is 1. The summed E-state index contributed by atoms with van der Waals surface area (Å²) in [5.74, 6) is -0.332. The molecule has 2 atom stereocenters. The highest BCUT2D eigenvalue weighted by Crippen LogP contribution is 2.43. The molecule has 14 heavy (non-hydrogen) atoms. The van der Waals surface area contributed by atoms with Crippen molar-refractivity contribution in [2.75, 3.05) is 7.05 Å². The minimum Gasteiger partial charge on any atom is -0.480 e. The van der Waals surface area contributed by atoms with Gasteiger partial charge in [0.05, 0.1) is 0 Å². The van der Waals surface area contributed by atoms with Crippen molar-refractivity contribution < 1.29 is 9.90 Å². The Morgan fingerprint density at radius 2 is 2.14 bits per heavy atom. The van der Waals surface area contributed by atoms with Gasteiger partial charge in [-0.15, -0.1) is 0 Å². The summed E-state index contributed by atoms with van der Waals surface area (Å²) in [6, 6.07) is 0.330. The molecular formula is C11H21NO2. The first kappa shape index (κ1) is 11.5. The van der Waals surface area contributed by atoms with E-state index in [0.717, 1.165) is 19.3 Å². The van der Waals surface area contributed by atoms with Gasteiger partial charge in [-0.2, -0.15) is 0 Å². The highest BCUT2D eigenvalue weighted by Gasteiger charge is 2.51. The molecule has 1 aliphatic rings. The van der Waals surface area contributed by atoms with E-state index in [1.165, 1.54) is 0 Å². The molecular weight excluding hydrogens is 178 g/mol. The Balaban J connectivity index is 2.81. The predicted molar refractivity (Wildman–Crippen MR) is 56.3 cm³/mol. The SMILES string of the molecule is CCC(C)N(C)C(C)(C(=O)O)C1CC1. The Bertz CT molecular complexity index is 225. The largest absolute Gasteiger partial charge is 0.480 e. The first-order valence-corrected chi connectivity index (χ1v) is 5.40. The van der Waals surface area contributed by atoms with Crippen LogP contribution in [0.2, 0.25) is 0 Å². The van der Waals surface area contributed by atoms with E-state index in [9.17, 15) is 9.90 Å². The van der Waals surface area contributed by atoms with Gasteiger partial charge in [-0.25, -0.2) is 0 Å². The molecule has 82 valence electrons. The van der Waals surface area contributed by atoms with E-state index >= 15 is 0 Å². The Labute approximate surface area is 86.1 Å². The Morgan fingerprint density at radius 1 is 1.64 bits per heavy atom. The van der Waals surface area contributed by atoms with Crippen LogP contribution in [0.5, 0.6) is 0 Å². The van der Waals surface area contributed by atoms with E-state index in [4.69, 9.17) is 0 Å². The van der Waals surface area contributed by atoms with Crippen LogP contribution in [-0.4, -0.2) is 34.6 Å². The zero-order valence-electron chi connectivity index (χ0n) is 9.58. The molecule has 0 aromatic heterocycles. The van der Waals surface area contributed by atoms with Crippen LogP contribution in [0.15, 0.2) is 0 Å². The minimum atomic E-state index is -0.678. The molecule has 1 saturated carbocycles. The van der Waals surface area contributed by atoms with Crippen molar-refractivity contribution in [1.82, 2.24) is 4.90 Å². The molecule has 0 aromatic rings. The monoisotopic (exact) mass is 199 g/mol. The molecule has 3 heteroatoms. The smallest absolute Gasteiger partial charge is 0.324 e. The lowest BCUT2D eigenvalue weighted by Crippen LogP contribution is -2.55. The van der Waals surface area contributed by atoms with Gasteiger partial charge in [0.1, 0.15) is 5.54 Å². The fourth-order valence-corrected chi connectivity index (χ4v) is 1.99. The van der Waals surface area contributed by atoms with Gasteiger partial charge in [-0.3, -0.25) is 9.69 Å². The third-order valence-corrected chi connectivity index (χ3v) is 3.79. The van der Waals surface area contributed by atoms with Crippen molar-refractivity contribution in [3.8, 4) is 0 Å². The number of carbonyl (C=O) groups is 1. The maximum atomic E-state index is 11.3. The summed E-state index contributed by atoms with van der Waals surface area (Å²) in [7, 11) is 1.93. The van der Waals surface area contributed by atoms with Gasteiger partial charge in [-0.1, -0.05) is 6.92 Å². The second kappa shape index (κ2) is 3.89. The molecule has 0 heterocycles. The average Bonchev–Trinajstić information content (AvgIpc) is 2.97. The third-order valence-electron chi connectivity index (χ3n) is 3.79. The van der Waals surface area contributed by atoms with Gasteiger partial charge in [-0.05, 0) is 46.1 Å². The standard InChI is InChI=1S/C11H21NO2/c1-5-8(2)12(4)11(3,10(13)14)9-6-7-9/h8-9H,5-7H2,1-4H3,(H,13,14). The third kappa shape index (κ3) is 1.78. The van der Waals surface area contributed by atoms with Crippen LogP contribution in [0.3, 0.4) is 0 Å². The van der Waals surface area contributed by atoms with Crippen LogP contribution in [0, 0.1) is 5.92 Å². The summed E-state index contributed by atoms with van der Waals surface area (Å²) < 4.78 is 0. The maximum absolute atomic E-state index is 11.3. The summed E-state index contributed by atoms with van der Waals surface area (Å²) in [6.45, 7) is 6.04. The molecule has 0 aliphatic heterocycles. The topological polar surface area (TPSA) is 40.5 Å². The normalized spacial score (nSPS) is 23.2. The molecule has 0 radical (unpaired) electrons. The summed E-state index contributed by atoms with van der Waals surface area (Å²) >= 11 is 0. The number of hydrogen-bond acceptors (Lipinski definition) is 2. The quantitative estimate of drug-likeness (QED) is 0.736. The molecule has 1 aliphatic carbocycles. The maximum Gasteiger partial charge on any atom is 0.324 e. The highest BCUT2D eigenvalue weighted by atomic mass is 16.4. The number of rotatable bonds is 5. The molecule has 0 amide bonds. The lowest BCUT2D eigenvalue weighted by Gasteiger charge is -2.39. The summed E-state index contributed by atoms with van der Waals surface area (Å²) in [5.41, 5.74) is -0.657. The van der Waals surface area contributed by atoms with E-state index < -0.39 is 11.5 Å². The van der Waals surface area contributed by atoms with Gasteiger partial charge in [0.2, 0.25) is 0 Å². The Kier molecular flexibility index (Phi) is 3.20. The highest BCUT2D eigenvalue weighted by molar-refractivity contribution is 5.79. The molecule has 2 unspecified atom stereocenters. The van der Waals surface area contributed by atoms with E-state index in [1.54, 1.807) is 0 Å². The molecule has 1 N–H and O–H groups in total. The van der Waals surface area contributed by atoms with Crippen molar-refractivity contribution in [3.63, 3.8) is 0 Å². The Morgan fingerprint density at radius 3 is 2.43 bits per heavy atom. The summed E-state index contributed by atoms with van der Waals surface area (Å²) in [4.78, 5) is 13.3. The van der Waals surface area contributed by atoms with Crippen LogP contribution in [-0.2, 0) is 4.79 Å². The minimum absolute atomic E-state index is 0.330. The number of carboxylic acid groups (broad SMARTS) is 1. The number of aliphatic carboxylic acids is 1. The lowest BCUT2D eigenvalue weighted by atomic mass is 9.92. The van der Waals surface area contributed by atoms with Crippen molar-refractivity contribution >= 4 is 5.97 Å². The second-order valence-electron chi connectivity index (χ2n) is 4.60.